The zero-order valence-corrected chi connectivity index (χ0v) is 10.5. The van der Waals surface area contributed by atoms with Gasteiger partial charge in [0.1, 0.15) is 0 Å². The Hall–Kier alpha value is -0.200. The van der Waals surface area contributed by atoms with Gasteiger partial charge in [-0.25, -0.2) is 0 Å². The summed E-state index contributed by atoms with van der Waals surface area (Å²) in [6.07, 6.45) is 2.64. The Kier molecular flexibility index (Phi) is 2.45. The van der Waals surface area contributed by atoms with Gasteiger partial charge in [0.15, 0.2) is 0 Å². The van der Waals surface area contributed by atoms with Crippen molar-refractivity contribution in [3.05, 3.63) is 0 Å². The van der Waals surface area contributed by atoms with Gasteiger partial charge in [0.05, 0.1) is 12.3 Å². The van der Waals surface area contributed by atoms with Crippen LogP contribution in [0.1, 0.15) is 6.42 Å². The lowest BCUT2D eigenvalue weighted by atomic mass is 10.1. The summed E-state index contributed by atoms with van der Waals surface area (Å²) in [5, 5.41) is 0. The number of nitrogens with zero attached hydrogens (tertiary/aromatic N) is 4. The van der Waals surface area contributed by atoms with Gasteiger partial charge >= 0.3 is 0 Å². The third kappa shape index (κ3) is 1.43. The molecule has 0 aromatic rings. The van der Waals surface area contributed by atoms with Gasteiger partial charge in [0.2, 0.25) is 0 Å². The Bertz CT molecular complexity index is 303. The van der Waals surface area contributed by atoms with Crippen molar-refractivity contribution in [3.63, 3.8) is 0 Å². The Morgan fingerprint density at radius 2 is 1.53 bits per heavy atom. The summed E-state index contributed by atoms with van der Waals surface area (Å²) in [7, 11) is 0. The van der Waals surface area contributed by atoms with E-state index in [9.17, 15) is 0 Å². The van der Waals surface area contributed by atoms with Crippen molar-refractivity contribution in [2.45, 2.75) is 24.8 Å². The minimum absolute atomic E-state index is 0.601. The first kappa shape index (κ1) is 10.7. The average molecular weight is 237 g/mol. The predicted molar refractivity (Wildman–Crippen MR) is 66.5 cm³/mol. The van der Waals surface area contributed by atoms with E-state index < -0.39 is 0 Å². The van der Waals surface area contributed by atoms with E-state index in [1.54, 1.807) is 0 Å². The molecule has 5 nitrogen and oxygen atoms in total. The number of piperazine rings is 2. The molecule has 0 unspecified atom stereocenters. The van der Waals surface area contributed by atoms with Crippen LogP contribution in [-0.4, -0.2) is 90.3 Å². The minimum atomic E-state index is 0.601. The van der Waals surface area contributed by atoms with Crippen LogP contribution in [0.25, 0.3) is 0 Å². The second kappa shape index (κ2) is 3.90. The van der Waals surface area contributed by atoms with Gasteiger partial charge in [-0.15, -0.1) is 0 Å². The predicted octanol–water partition coefficient (Wildman–Crippen LogP) is -1.38. The molecule has 4 aliphatic heterocycles. The quantitative estimate of drug-likeness (QED) is 0.608. The monoisotopic (exact) mass is 237 g/mol. The molecule has 0 aromatic carbocycles. The fraction of sp³-hybridized carbons (Fsp3) is 1.00. The summed E-state index contributed by atoms with van der Waals surface area (Å²) in [6, 6.07) is 0.601. The second-order valence-electron chi connectivity index (χ2n) is 5.88. The van der Waals surface area contributed by atoms with E-state index in [0.717, 1.165) is 6.54 Å². The van der Waals surface area contributed by atoms with E-state index in [4.69, 9.17) is 5.73 Å². The zero-order valence-electron chi connectivity index (χ0n) is 10.5. The van der Waals surface area contributed by atoms with Crippen LogP contribution in [0.2, 0.25) is 0 Å². The van der Waals surface area contributed by atoms with Gasteiger partial charge < -0.3 is 5.73 Å². The van der Waals surface area contributed by atoms with E-state index in [1.165, 1.54) is 52.2 Å². The normalized spacial score (nSPS) is 43.9. The van der Waals surface area contributed by atoms with Crippen molar-refractivity contribution in [1.82, 2.24) is 19.6 Å². The molecule has 2 N–H and O–H groups in total. The van der Waals surface area contributed by atoms with Crippen molar-refractivity contribution in [3.8, 4) is 0 Å². The van der Waals surface area contributed by atoms with Crippen molar-refractivity contribution < 1.29 is 0 Å². The smallest absolute Gasteiger partial charge is 0.0926 e. The maximum Gasteiger partial charge on any atom is 0.0926 e. The van der Waals surface area contributed by atoms with Crippen LogP contribution in [0.3, 0.4) is 0 Å². The van der Waals surface area contributed by atoms with E-state index in [2.05, 4.69) is 19.6 Å². The highest BCUT2D eigenvalue weighted by Gasteiger charge is 2.52. The summed E-state index contributed by atoms with van der Waals surface area (Å²) in [6.45, 7) is 9.55. The average Bonchev–Trinajstić information content (AvgIpc) is 2.76. The lowest BCUT2D eigenvalue weighted by molar-refractivity contribution is -0.139. The molecule has 0 saturated carbocycles. The van der Waals surface area contributed by atoms with Crippen molar-refractivity contribution in [2.75, 3.05) is 52.4 Å². The van der Waals surface area contributed by atoms with Crippen LogP contribution < -0.4 is 5.73 Å². The van der Waals surface area contributed by atoms with Gasteiger partial charge in [-0.1, -0.05) is 0 Å². The fourth-order valence-electron chi connectivity index (χ4n) is 4.36. The zero-order chi connectivity index (χ0) is 11.4. The summed E-state index contributed by atoms with van der Waals surface area (Å²) in [4.78, 5) is 10.8. The van der Waals surface area contributed by atoms with Crippen LogP contribution >= 0.6 is 0 Å². The third-order valence-corrected chi connectivity index (χ3v) is 5.13. The Morgan fingerprint density at radius 1 is 0.824 bits per heavy atom. The molecule has 0 aliphatic carbocycles. The van der Waals surface area contributed by atoms with Gasteiger partial charge in [0, 0.05) is 58.4 Å². The number of hydrogen-bond acceptors (Lipinski definition) is 5. The Labute approximate surface area is 103 Å². The molecule has 4 saturated heterocycles. The summed E-state index contributed by atoms with van der Waals surface area (Å²) < 4.78 is 0. The molecule has 0 amide bonds. The van der Waals surface area contributed by atoms with Gasteiger partial charge in [-0.05, 0) is 6.42 Å². The van der Waals surface area contributed by atoms with E-state index in [0.29, 0.717) is 18.4 Å². The molecule has 4 rings (SSSR count). The lowest BCUT2D eigenvalue weighted by Crippen LogP contribution is -2.73. The Morgan fingerprint density at radius 3 is 2.29 bits per heavy atom. The van der Waals surface area contributed by atoms with Crippen LogP contribution in [0.15, 0.2) is 0 Å². The lowest BCUT2D eigenvalue weighted by Gasteiger charge is -2.57. The van der Waals surface area contributed by atoms with Gasteiger partial charge in [-0.2, -0.15) is 0 Å². The first-order valence-corrected chi connectivity index (χ1v) is 7.06. The number of hydrogen-bond donors (Lipinski definition) is 1. The molecule has 0 aromatic heterocycles. The van der Waals surface area contributed by atoms with Crippen molar-refractivity contribution >= 4 is 0 Å². The van der Waals surface area contributed by atoms with E-state index in [-0.39, 0.29) is 0 Å². The molecular formula is C12H23N5. The van der Waals surface area contributed by atoms with E-state index >= 15 is 0 Å². The molecule has 0 bridgehead atoms. The first-order chi connectivity index (χ1) is 8.38. The van der Waals surface area contributed by atoms with Gasteiger partial charge in [-0.3, -0.25) is 19.6 Å². The van der Waals surface area contributed by atoms with Crippen molar-refractivity contribution in [1.29, 1.82) is 0 Å². The maximum absolute atomic E-state index is 5.94. The van der Waals surface area contributed by atoms with E-state index in [1.807, 2.05) is 0 Å². The topological polar surface area (TPSA) is 39.0 Å². The molecule has 17 heavy (non-hydrogen) atoms. The third-order valence-electron chi connectivity index (χ3n) is 5.13. The van der Waals surface area contributed by atoms with Crippen LogP contribution in [0.5, 0.6) is 0 Å². The van der Waals surface area contributed by atoms with Crippen molar-refractivity contribution in [2.24, 2.45) is 5.73 Å². The molecule has 96 valence electrons. The standard InChI is InChI=1S/C12H23N5/c13-8-10-9-16-5-4-14-2-1-3-15-6-7-17(10)12(16)11(14)15/h10-12H,1-9,13H2/t10-,11+,12-/m0/s1. The minimum Gasteiger partial charge on any atom is -0.329 e. The summed E-state index contributed by atoms with van der Waals surface area (Å²) in [5.41, 5.74) is 5.94. The largest absolute Gasteiger partial charge is 0.329 e. The first-order valence-electron chi connectivity index (χ1n) is 7.06. The van der Waals surface area contributed by atoms with Crippen LogP contribution in [0.4, 0.5) is 0 Å². The molecule has 4 aliphatic rings. The molecular weight excluding hydrogens is 214 g/mol. The second-order valence-corrected chi connectivity index (χ2v) is 5.88. The SMILES string of the molecule is NC[C@H]1CN2CCN3CCCN4CCN1[C@H]2[C@H]34. The molecule has 0 spiro atoms. The highest BCUT2D eigenvalue weighted by atomic mass is 15.6. The number of rotatable bonds is 1. The molecule has 4 fully saturated rings. The molecule has 0 radical (unpaired) electrons. The molecule has 5 heteroatoms. The highest BCUT2D eigenvalue weighted by Crippen LogP contribution is 2.34. The highest BCUT2D eigenvalue weighted by molar-refractivity contribution is 5.04. The van der Waals surface area contributed by atoms with Gasteiger partial charge in [0.25, 0.3) is 0 Å². The van der Waals surface area contributed by atoms with Crippen LogP contribution in [-0.2, 0) is 0 Å². The summed E-state index contributed by atoms with van der Waals surface area (Å²) >= 11 is 0. The van der Waals surface area contributed by atoms with Crippen LogP contribution in [0, 0.1) is 0 Å². The Balaban J connectivity index is 1.66. The number of nitrogens with two attached hydrogens (primary N) is 1. The summed E-state index contributed by atoms with van der Waals surface area (Å²) in [5.74, 6) is 0. The maximum atomic E-state index is 5.94. The molecule has 4 heterocycles. The fourth-order valence-corrected chi connectivity index (χ4v) is 4.36. The molecule has 3 atom stereocenters.